The predicted octanol–water partition coefficient (Wildman–Crippen LogP) is 14.9. The first kappa shape index (κ1) is 28.2. The summed E-state index contributed by atoms with van der Waals surface area (Å²) in [6, 6.07) is 65.5. The molecule has 1 nitrogen and oxygen atoms in total. The van der Waals surface area contributed by atoms with Gasteiger partial charge in [0.15, 0.2) is 0 Å². The van der Waals surface area contributed by atoms with Gasteiger partial charge >= 0.3 is 0 Å². The lowest BCUT2D eigenvalue weighted by atomic mass is 9.87. The molecule has 240 valence electrons. The van der Waals surface area contributed by atoms with Crippen LogP contribution < -0.4 is 4.90 Å². The molecule has 10 aromatic carbocycles. The summed E-state index contributed by atoms with van der Waals surface area (Å²) in [6.07, 6.45) is 0. The third-order valence-corrected chi connectivity index (χ3v) is 12.5. The van der Waals surface area contributed by atoms with Crippen LogP contribution in [0.1, 0.15) is 0 Å². The number of anilines is 3. The molecule has 0 unspecified atom stereocenters. The normalized spacial score (nSPS) is 12.6. The summed E-state index contributed by atoms with van der Waals surface area (Å²) in [5.41, 5.74) is 8.63. The van der Waals surface area contributed by atoms with Crippen LogP contribution in [0.15, 0.2) is 176 Å². The monoisotopic (exact) mass is 675 g/mol. The van der Waals surface area contributed by atoms with Crippen molar-refractivity contribution < 1.29 is 0 Å². The number of hydrogen-bond acceptors (Lipinski definition) is 2. The van der Waals surface area contributed by atoms with E-state index in [9.17, 15) is 0 Å². The maximum absolute atomic E-state index is 2.48. The van der Waals surface area contributed by atoms with E-state index < -0.39 is 0 Å². The molecule has 0 fully saturated rings. The van der Waals surface area contributed by atoms with Gasteiger partial charge in [0.1, 0.15) is 0 Å². The SMILES string of the molecule is c1ccc2c(c1)-c1cccc3c1c(cc1ccc4sc5ccccc5c4c13)N2c1ccc(-c2cccc3c2ccc2c4ccccc4ccc32)cc1. The minimum absolute atomic E-state index is 1.16. The summed E-state index contributed by atoms with van der Waals surface area (Å²) in [6.45, 7) is 0. The Morgan fingerprint density at radius 2 is 0.981 bits per heavy atom. The molecule has 0 aliphatic carbocycles. The van der Waals surface area contributed by atoms with E-state index in [-0.39, 0.29) is 0 Å². The Morgan fingerprint density at radius 1 is 0.327 bits per heavy atom. The minimum atomic E-state index is 1.16. The second-order valence-corrected chi connectivity index (χ2v) is 15.1. The molecule has 1 aromatic heterocycles. The Hall–Kier alpha value is -6.48. The molecule has 52 heavy (non-hydrogen) atoms. The zero-order chi connectivity index (χ0) is 33.9. The molecule has 0 saturated heterocycles. The van der Waals surface area contributed by atoms with Crippen LogP contribution >= 0.6 is 11.3 Å². The molecule has 0 radical (unpaired) electrons. The summed E-state index contributed by atoms with van der Waals surface area (Å²) in [7, 11) is 0. The smallest absolute Gasteiger partial charge is 0.0552 e. The number of para-hydroxylation sites is 1. The lowest BCUT2D eigenvalue weighted by Gasteiger charge is -2.34. The molecule has 0 amide bonds. The average Bonchev–Trinajstić information content (AvgIpc) is 3.59. The van der Waals surface area contributed by atoms with Gasteiger partial charge in [-0.1, -0.05) is 140 Å². The van der Waals surface area contributed by atoms with Gasteiger partial charge in [-0.2, -0.15) is 0 Å². The molecule has 1 aliphatic heterocycles. The Balaban J connectivity index is 1.06. The van der Waals surface area contributed by atoms with Gasteiger partial charge in [-0.05, 0) is 102 Å². The molecule has 0 bridgehead atoms. The van der Waals surface area contributed by atoms with Crippen molar-refractivity contribution in [2.24, 2.45) is 0 Å². The van der Waals surface area contributed by atoms with Crippen molar-refractivity contribution in [2.45, 2.75) is 0 Å². The maximum atomic E-state index is 2.48. The fourth-order valence-electron chi connectivity index (χ4n) is 9.10. The summed E-state index contributed by atoms with van der Waals surface area (Å²) in [5.74, 6) is 0. The van der Waals surface area contributed by atoms with E-state index in [1.807, 2.05) is 11.3 Å². The quantitative estimate of drug-likeness (QED) is 0.165. The van der Waals surface area contributed by atoms with Crippen molar-refractivity contribution in [3.05, 3.63) is 176 Å². The van der Waals surface area contributed by atoms with Gasteiger partial charge in [0.25, 0.3) is 0 Å². The molecule has 0 N–H and O–H groups in total. The Morgan fingerprint density at radius 3 is 1.90 bits per heavy atom. The highest BCUT2D eigenvalue weighted by Crippen LogP contribution is 2.54. The Labute approximate surface area is 304 Å². The van der Waals surface area contributed by atoms with Crippen molar-refractivity contribution in [3.8, 4) is 22.3 Å². The summed E-state index contributed by atoms with van der Waals surface area (Å²) in [5, 5.41) is 15.7. The molecule has 2 heterocycles. The zero-order valence-electron chi connectivity index (χ0n) is 28.1. The van der Waals surface area contributed by atoms with Gasteiger partial charge in [0.05, 0.1) is 11.4 Å². The molecule has 11 aromatic rings. The first-order valence-corrected chi connectivity index (χ1v) is 18.7. The van der Waals surface area contributed by atoms with Gasteiger partial charge in [-0.15, -0.1) is 11.3 Å². The van der Waals surface area contributed by atoms with Crippen LogP contribution in [0.2, 0.25) is 0 Å². The molecule has 0 atom stereocenters. The standard InChI is InChI=1S/C50H29NS/c1-2-10-34-30(9-1)21-25-39-36-14-7-13-35(37(36)26-27-38(34)39)31-19-23-33(24-20-31)51-44-17-5-3-11-40(44)41-15-8-16-43-48-32(29-45(51)49(41)43)22-28-47-50(48)42-12-4-6-18-46(42)52-47/h1-29H. The van der Waals surface area contributed by atoms with Crippen LogP contribution in [-0.4, -0.2) is 0 Å². The Kier molecular flexibility index (Phi) is 5.71. The van der Waals surface area contributed by atoms with E-state index in [1.165, 1.54) is 108 Å². The number of rotatable bonds is 2. The highest BCUT2D eigenvalue weighted by Gasteiger charge is 2.27. The molecule has 2 heteroatoms. The molecule has 0 saturated carbocycles. The van der Waals surface area contributed by atoms with Gasteiger partial charge in [-0.25, -0.2) is 0 Å². The van der Waals surface area contributed by atoms with Crippen molar-refractivity contribution in [1.82, 2.24) is 0 Å². The lowest BCUT2D eigenvalue weighted by Crippen LogP contribution is -2.15. The highest BCUT2D eigenvalue weighted by atomic mass is 32.1. The van der Waals surface area contributed by atoms with E-state index in [0.717, 1.165) is 5.69 Å². The lowest BCUT2D eigenvalue weighted by molar-refractivity contribution is 1.29. The van der Waals surface area contributed by atoms with Gasteiger partial charge in [0.2, 0.25) is 0 Å². The summed E-state index contributed by atoms with van der Waals surface area (Å²) >= 11 is 1.89. The van der Waals surface area contributed by atoms with Gasteiger partial charge < -0.3 is 4.90 Å². The molecular weight excluding hydrogens is 647 g/mol. The highest BCUT2D eigenvalue weighted by molar-refractivity contribution is 7.26. The van der Waals surface area contributed by atoms with E-state index in [0.29, 0.717) is 0 Å². The Bertz CT molecular complexity index is 3300. The predicted molar refractivity (Wildman–Crippen MR) is 226 cm³/mol. The van der Waals surface area contributed by atoms with E-state index in [1.54, 1.807) is 0 Å². The van der Waals surface area contributed by atoms with E-state index in [2.05, 4.69) is 181 Å². The number of fused-ring (bicyclic) bond motifs is 13. The van der Waals surface area contributed by atoms with Crippen molar-refractivity contribution in [3.63, 3.8) is 0 Å². The molecule has 1 aliphatic rings. The first-order chi connectivity index (χ1) is 25.8. The number of thiophene rings is 1. The number of nitrogens with zero attached hydrogens (tertiary/aromatic N) is 1. The van der Waals surface area contributed by atoms with Gasteiger partial charge in [0, 0.05) is 36.8 Å². The van der Waals surface area contributed by atoms with Crippen molar-refractivity contribution in [2.75, 3.05) is 4.90 Å². The third-order valence-electron chi connectivity index (χ3n) is 11.4. The van der Waals surface area contributed by atoms with Crippen molar-refractivity contribution >= 4 is 102 Å². The van der Waals surface area contributed by atoms with Crippen LogP contribution in [0, 0.1) is 0 Å². The minimum Gasteiger partial charge on any atom is -0.309 e. The molecular formula is C50H29NS. The second-order valence-electron chi connectivity index (χ2n) is 14.0. The first-order valence-electron chi connectivity index (χ1n) is 17.9. The largest absolute Gasteiger partial charge is 0.309 e. The van der Waals surface area contributed by atoms with Crippen LogP contribution in [0.3, 0.4) is 0 Å². The van der Waals surface area contributed by atoms with Crippen LogP contribution in [0.5, 0.6) is 0 Å². The summed E-state index contributed by atoms with van der Waals surface area (Å²) in [4.78, 5) is 2.48. The maximum Gasteiger partial charge on any atom is 0.0552 e. The van der Waals surface area contributed by atoms with Crippen LogP contribution in [0.4, 0.5) is 17.1 Å². The topological polar surface area (TPSA) is 3.24 Å². The molecule has 0 spiro atoms. The zero-order valence-corrected chi connectivity index (χ0v) is 28.9. The number of hydrogen-bond donors (Lipinski definition) is 0. The van der Waals surface area contributed by atoms with E-state index in [4.69, 9.17) is 0 Å². The van der Waals surface area contributed by atoms with E-state index >= 15 is 0 Å². The number of benzene rings is 10. The summed E-state index contributed by atoms with van der Waals surface area (Å²) < 4.78 is 2.68. The fourth-order valence-corrected chi connectivity index (χ4v) is 10.2. The average molecular weight is 676 g/mol. The molecule has 12 rings (SSSR count). The van der Waals surface area contributed by atoms with Crippen molar-refractivity contribution in [1.29, 1.82) is 0 Å². The fraction of sp³-hybridized carbons (Fsp3) is 0. The third kappa shape index (κ3) is 3.82. The van der Waals surface area contributed by atoms with Crippen LogP contribution in [0.25, 0.3) is 96.3 Å². The second kappa shape index (κ2) is 10.5. The van der Waals surface area contributed by atoms with Gasteiger partial charge in [-0.3, -0.25) is 0 Å². The van der Waals surface area contributed by atoms with Crippen LogP contribution in [-0.2, 0) is 0 Å².